The molecule has 0 aliphatic carbocycles. The zero-order valence-corrected chi connectivity index (χ0v) is 5.11. The fourth-order valence-corrected chi connectivity index (χ4v) is 0.683. The van der Waals surface area contributed by atoms with Crippen LogP contribution in [0.3, 0.4) is 0 Å². The summed E-state index contributed by atoms with van der Waals surface area (Å²) in [4.78, 5) is 0. The Labute approximate surface area is 49.5 Å². The molecule has 0 aromatic heterocycles. The summed E-state index contributed by atoms with van der Waals surface area (Å²) in [5, 5.41) is 3.14. The van der Waals surface area contributed by atoms with Gasteiger partial charge in [0, 0.05) is 19.0 Å². The lowest BCUT2D eigenvalue weighted by Gasteiger charge is -2.27. The monoisotopic (exact) mass is 113 g/mol. The van der Waals surface area contributed by atoms with Gasteiger partial charge in [-0.05, 0) is 0 Å². The lowest BCUT2D eigenvalue weighted by Crippen LogP contribution is -2.43. The SMILES string of the molecule is C=C(OC)C1CNC1. The molecular weight excluding hydrogens is 102 g/mol. The lowest BCUT2D eigenvalue weighted by atomic mass is 10.0. The summed E-state index contributed by atoms with van der Waals surface area (Å²) in [6.45, 7) is 5.80. The molecule has 2 nitrogen and oxygen atoms in total. The van der Waals surface area contributed by atoms with E-state index < -0.39 is 0 Å². The molecular formula is C6H11NO. The van der Waals surface area contributed by atoms with Gasteiger partial charge < -0.3 is 10.1 Å². The molecule has 1 aliphatic rings. The fourth-order valence-electron chi connectivity index (χ4n) is 0.683. The van der Waals surface area contributed by atoms with Crippen molar-refractivity contribution in [3.63, 3.8) is 0 Å². The largest absolute Gasteiger partial charge is 0.501 e. The van der Waals surface area contributed by atoms with Crippen LogP contribution in [-0.4, -0.2) is 20.2 Å². The molecule has 0 saturated carbocycles. The number of ether oxygens (including phenoxy) is 1. The average Bonchev–Trinajstić information content (AvgIpc) is 1.62. The summed E-state index contributed by atoms with van der Waals surface area (Å²) in [6.07, 6.45) is 0. The molecule has 1 saturated heterocycles. The maximum atomic E-state index is 4.92. The quantitative estimate of drug-likeness (QED) is 0.522. The van der Waals surface area contributed by atoms with E-state index in [4.69, 9.17) is 4.74 Å². The lowest BCUT2D eigenvalue weighted by molar-refractivity contribution is 0.208. The second-order valence-corrected chi connectivity index (χ2v) is 2.03. The highest BCUT2D eigenvalue weighted by molar-refractivity contribution is 4.98. The van der Waals surface area contributed by atoms with Crippen molar-refractivity contribution < 1.29 is 4.74 Å². The van der Waals surface area contributed by atoms with Crippen molar-refractivity contribution in [2.75, 3.05) is 20.2 Å². The number of methoxy groups -OCH3 is 1. The van der Waals surface area contributed by atoms with E-state index in [0.717, 1.165) is 18.8 Å². The van der Waals surface area contributed by atoms with Crippen molar-refractivity contribution in [3.8, 4) is 0 Å². The van der Waals surface area contributed by atoms with E-state index >= 15 is 0 Å². The summed E-state index contributed by atoms with van der Waals surface area (Å²) < 4.78 is 4.92. The minimum absolute atomic E-state index is 0.569. The number of hydrogen-bond donors (Lipinski definition) is 1. The number of rotatable bonds is 2. The molecule has 46 valence electrons. The Hall–Kier alpha value is -0.500. The Balaban J connectivity index is 2.24. The first-order valence-electron chi connectivity index (χ1n) is 2.78. The van der Waals surface area contributed by atoms with E-state index in [1.165, 1.54) is 0 Å². The molecule has 1 fully saturated rings. The highest BCUT2D eigenvalue weighted by Crippen LogP contribution is 2.12. The first-order chi connectivity index (χ1) is 3.84. The van der Waals surface area contributed by atoms with Gasteiger partial charge >= 0.3 is 0 Å². The van der Waals surface area contributed by atoms with Gasteiger partial charge in [-0.25, -0.2) is 0 Å². The molecule has 0 bridgehead atoms. The molecule has 1 heterocycles. The molecule has 1 aliphatic heterocycles. The van der Waals surface area contributed by atoms with E-state index in [0.29, 0.717) is 5.92 Å². The maximum Gasteiger partial charge on any atom is 0.0940 e. The second-order valence-electron chi connectivity index (χ2n) is 2.03. The summed E-state index contributed by atoms with van der Waals surface area (Å²) in [7, 11) is 1.67. The fraction of sp³-hybridized carbons (Fsp3) is 0.667. The van der Waals surface area contributed by atoms with E-state index in [-0.39, 0.29) is 0 Å². The zero-order valence-electron chi connectivity index (χ0n) is 5.11. The van der Waals surface area contributed by atoms with Gasteiger partial charge in [-0.3, -0.25) is 0 Å². The predicted molar refractivity (Wildman–Crippen MR) is 32.5 cm³/mol. The number of hydrogen-bond acceptors (Lipinski definition) is 2. The van der Waals surface area contributed by atoms with Gasteiger partial charge in [-0.15, -0.1) is 0 Å². The van der Waals surface area contributed by atoms with Gasteiger partial charge in [0.15, 0.2) is 0 Å². The summed E-state index contributed by atoms with van der Waals surface area (Å²) in [5.74, 6) is 1.48. The van der Waals surface area contributed by atoms with Gasteiger partial charge in [0.05, 0.1) is 12.9 Å². The molecule has 0 spiro atoms. The van der Waals surface area contributed by atoms with Gasteiger partial charge in [0.2, 0.25) is 0 Å². The zero-order chi connectivity index (χ0) is 5.98. The van der Waals surface area contributed by atoms with Crippen molar-refractivity contribution in [1.29, 1.82) is 0 Å². The second kappa shape index (κ2) is 2.18. The van der Waals surface area contributed by atoms with Crippen molar-refractivity contribution in [3.05, 3.63) is 12.3 Å². The van der Waals surface area contributed by atoms with Crippen LogP contribution in [0.2, 0.25) is 0 Å². The van der Waals surface area contributed by atoms with Crippen LogP contribution in [0, 0.1) is 5.92 Å². The minimum Gasteiger partial charge on any atom is -0.501 e. The Morgan fingerprint density at radius 1 is 1.75 bits per heavy atom. The smallest absolute Gasteiger partial charge is 0.0940 e. The topological polar surface area (TPSA) is 21.3 Å². The van der Waals surface area contributed by atoms with Crippen molar-refractivity contribution in [1.82, 2.24) is 5.32 Å². The van der Waals surface area contributed by atoms with E-state index in [1.54, 1.807) is 7.11 Å². The summed E-state index contributed by atoms with van der Waals surface area (Å²) in [6, 6.07) is 0. The standard InChI is InChI=1S/C6H11NO/c1-5(8-2)6-3-7-4-6/h6-7H,1,3-4H2,2H3. The molecule has 1 N–H and O–H groups in total. The molecule has 0 aromatic rings. The van der Waals surface area contributed by atoms with Crippen molar-refractivity contribution >= 4 is 0 Å². The molecule has 0 aromatic carbocycles. The molecule has 8 heavy (non-hydrogen) atoms. The number of nitrogens with one attached hydrogen (secondary N) is 1. The van der Waals surface area contributed by atoms with Gasteiger partial charge in [-0.1, -0.05) is 6.58 Å². The van der Waals surface area contributed by atoms with Crippen LogP contribution in [0.15, 0.2) is 12.3 Å². The van der Waals surface area contributed by atoms with Crippen LogP contribution in [0.5, 0.6) is 0 Å². The first kappa shape index (κ1) is 5.63. The Bertz CT molecular complexity index is 96.7. The van der Waals surface area contributed by atoms with E-state index in [9.17, 15) is 0 Å². The summed E-state index contributed by atoms with van der Waals surface area (Å²) >= 11 is 0. The third-order valence-corrected chi connectivity index (χ3v) is 1.50. The van der Waals surface area contributed by atoms with Crippen molar-refractivity contribution in [2.24, 2.45) is 5.92 Å². The van der Waals surface area contributed by atoms with E-state index in [2.05, 4.69) is 11.9 Å². The predicted octanol–water partition coefficient (Wildman–Crippen LogP) is 0.366. The molecule has 2 heteroatoms. The minimum atomic E-state index is 0.569. The Morgan fingerprint density at radius 3 is 2.50 bits per heavy atom. The van der Waals surface area contributed by atoms with Crippen LogP contribution < -0.4 is 5.32 Å². The highest BCUT2D eigenvalue weighted by Gasteiger charge is 2.19. The van der Waals surface area contributed by atoms with Crippen LogP contribution in [0.25, 0.3) is 0 Å². The molecule has 0 unspecified atom stereocenters. The Morgan fingerprint density at radius 2 is 2.38 bits per heavy atom. The maximum absolute atomic E-state index is 4.92. The first-order valence-corrected chi connectivity index (χ1v) is 2.78. The molecule has 1 rings (SSSR count). The van der Waals surface area contributed by atoms with Gasteiger partial charge in [0.1, 0.15) is 0 Å². The van der Waals surface area contributed by atoms with Gasteiger partial charge in [0.25, 0.3) is 0 Å². The molecule has 0 amide bonds. The van der Waals surface area contributed by atoms with Crippen LogP contribution in [-0.2, 0) is 4.74 Å². The average molecular weight is 113 g/mol. The third-order valence-electron chi connectivity index (χ3n) is 1.50. The molecule has 0 radical (unpaired) electrons. The van der Waals surface area contributed by atoms with Crippen LogP contribution >= 0.6 is 0 Å². The van der Waals surface area contributed by atoms with Crippen LogP contribution in [0.4, 0.5) is 0 Å². The van der Waals surface area contributed by atoms with Gasteiger partial charge in [-0.2, -0.15) is 0 Å². The molecule has 0 atom stereocenters. The Kier molecular flexibility index (Phi) is 1.53. The third kappa shape index (κ3) is 0.842. The highest BCUT2D eigenvalue weighted by atomic mass is 16.5. The van der Waals surface area contributed by atoms with Crippen molar-refractivity contribution in [2.45, 2.75) is 0 Å². The normalized spacial score (nSPS) is 19.6. The van der Waals surface area contributed by atoms with Crippen LogP contribution in [0.1, 0.15) is 0 Å². The van der Waals surface area contributed by atoms with E-state index in [1.807, 2.05) is 0 Å². The summed E-state index contributed by atoms with van der Waals surface area (Å²) in [5.41, 5.74) is 0.